The van der Waals surface area contributed by atoms with Gasteiger partial charge in [-0.05, 0) is 79.6 Å². The summed E-state index contributed by atoms with van der Waals surface area (Å²) in [6.45, 7) is 1.51. The summed E-state index contributed by atoms with van der Waals surface area (Å²) in [5.41, 5.74) is 3.30. The van der Waals surface area contributed by atoms with Gasteiger partial charge in [-0.3, -0.25) is 9.59 Å². The van der Waals surface area contributed by atoms with Crippen LogP contribution in [-0.2, 0) is 17.8 Å². The highest BCUT2D eigenvalue weighted by Gasteiger charge is 2.37. The van der Waals surface area contributed by atoms with Crippen LogP contribution in [-0.4, -0.2) is 78.1 Å². The number of hydrogen-bond donors (Lipinski definition) is 5. The number of aromatic nitrogens is 10. The van der Waals surface area contributed by atoms with Crippen molar-refractivity contribution in [1.82, 2.24) is 60.3 Å². The summed E-state index contributed by atoms with van der Waals surface area (Å²) in [5, 5.41) is 20.3. The van der Waals surface area contributed by atoms with E-state index in [1.54, 1.807) is 47.4 Å². The smallest absolute Gasteiger partial charge is 0.329 e. The summed E-state index contributed by atoms with van der Waals surface area (Å²) in [5.74, 6) is -0.589. The number of benzene rings is 2. The molecule has 0 saturated heterocycles. The first kappa shape index (κ1) is 37.7. The molecule has 1 atom stereocenters. The lowest BCUT2D eigenvalue weighted by Gasteiger charge is -2.26. The molecule has 5 aromatic heterocycles. The van der Waals surface area contributed by atoms with Gasteiger partial charge in [0.1, 0.15) is 46.7 Å². The third kappa shape index (κ3) is 7.62. The molecule has 0 radical (unpaired) electrons. The highest BCUT2D eigenvalue weighted by molar-refractivity contribution is 6.04. The molecular formula is C42H41FN12O4. The lowest BCUT2D eigenvalue weighted by atomic mass is 9.92. The number of nitrogens with one attached hydrogen (secondary N) is 4. The van der Waals surface area contributed by atoms with E-state index in [1.165, 1.54) is 31.7 Å². The van der Waals surface area contributed by atoms with E-state index in [0.29, 0.717) is 56.2 Å². The Labute approximate surface area is 336 Å². The van der Waals surface area contributed by atoms with Crippen LogP contribution < -0.4 is 10.6 Å². The molecule has 2 aliphatic carbocycles. The number of amides is 2. The van der Waals surface area contributed by atoms with Crippen molar-refractivity contribution in [2.75, 3.05) is 0 Å². The van der Waals surface area contributed by atoms with Crippen LogP contribution in [0.1, 0.15) is 114 Å². The van der Waals surface area contributed by atoms with Gasteiger partial charge in [0.2, 0.25) is 0 Å². The number of fused-ring (bicyclic) bond motifs is 2. The van der Waals surface area contributed by atoms with Crippen LogP contribution in [0, 0.1) is 5.82 Å². The van der Waals surface area contributed by atoms with Crippen LogP contribution in [0.25, 0.3) is 39.1 Å². The Kier molecular flexibility index (Phi) is 9.86. The van der Waals surface area contributed by atoms with Crippen LogP contribution in [0.2, 0.25) is 0 Å². The van der Waals surface area contributed by atoms with Crippen LogP contribution in [0.4, 0.5) is 4.39 Å². The van der Waals surface area contributed by atoms with E-state index in [0.717, 1.165) is 63.0 Å². The van der Waals surface area contributed by atoms with Gasteiger partial charge in [0.25, 0.3) is 11.8 Å². The quantitative estimate of drug-likeness (QED) is 0.0954. The lowest BCUT2D eigenvalue weighted by molar-refractivity contribution is -0.143. The molecule has 0 aliphatic heterocycles. The lowest BCUT2D eigenvalue weighted by Crippen LogP contribution is -2.54. The Bertz CT molecular complexity index is 2710. The van der Waals surface area contributed by atoms with Gasteiger partial charge in [0.15, 0.2) is 22.7 Å². The third-order valence-electron chi connectivity index (χ3n) is 11.5. The van der Waals surface area contributed by atoms with E-state index in [9.17, 15) is 23.9 Å². The molecule has 1 unspecified atom stereocenters. The van der Waals surface area contributed by atoms with Crippen LogP contribution in [0.3, 0.4) is 0 Å². The monoisotopic (exact) mass is 796 g/mol. The maximum Gasteiger partial charge on any atom is 0.329 e. The number of nitrogens with zero attached hydrogens (tertiary/aromatic N) is 8. The number of aliphatic carboxylic acids is 1. The number of halogens is 1. The zero-order valence-electron chi connectivity index (χ0n) is 32.2. The van der Waals surface area contributed by atoms with Gasteiger partial charge in [-0.1, -0.05) is 37.8 Å². The van der Waals surface area contributed by atoms with Gasteiger partial charge in [-0.15, -0.1) is 0 Å². The summed E-state index contributed by atoms with van der Waals surface area (Å²) >= 11 is 0. The van der Waals surface area contributed by atoms with Crippen molar-refractivity contribution in [1.29, 1.82) is 0 Å². The van der Waals surface area contributed by atoms with E-state index < -0.39 is 29.1 Å². The van der Waals surface area contributed by atoms with E-state index in [-0.39, 0.29) is 30.3 Å². The molecule has 5 heterocycles. The molecule has 17 heteroatoms. The summed E-state index contributed by atoms with van der Waals surface area (Å²) in [6, 6.07) is 11.6. The predicted molar refractivity (Wildman–Crippen MR) is 213 cm³/mol. The van der Waals surface area contributed by atoms with Crippen molar-refractivity contribution in [3.63, 3.8) is 0 Å². The largest absolute Gasteiger partial charge is 0.480 e. The summed E-state index contributed by atoms with van der Waals surface area (Å²) < 4.78 is 16.6. The number of carboxylic acid groups (broad SMARTS) is 1. The number of carbonyl (C=O) groups excluding carboxylic acids is 2. The number of carbonyl (C=O) groups is 3. The highest BCUT2D eigenvalue weighted by Crippen LogP contribution is 2.35. The maximum absolute atomic E-state index is 14.9. The minimum absolute atomic E-state index is 0.0165. The number of H-pyrrole nitrogens is 2. The second kappa shape index (κ2) is 15.4. The molecule has 5 N–H and O–H groups in total. The number of rotatable bonds is 12. The molecule has 2 saturated carbocycles. The van der Waals surface area contributed by atoms with Crippen molar-refractivity contribution >= 4 is 40.1 Å². The maximum atomic E-state index is 14.9. The fourth-order valence-electron chi connectivity index (χ4n) is 8.28. The topological polar surface area (TPSA) is 222 Å². The van der Waals surface area contributed by atoms with Gasteiger partial charge < -0.3 is 25.7 Å². The Morgan fingerprint density at radius 1 is 0.797 bits per heavy atom. The molecule has 2 aromatic carbocycles. The van der Waals surface area contributed by atoms with Crippen molar-refractivity contribution < 1.29 is 23.9 Å². The summed E-state index contributed by atoms with van der Waals surface area (Å²) in [6.07, 6.45) is 14.6. The molecule has 59 heavy (non-hydrogen) atoms. The van der Waals surface area contributed by atoms with E-state index in [2.05, 4.69) is 55.6 Å². The first-order valence-corrected chi connectivity index (χ1v) is 19.8. The van der Waals surface area contributed by atoms with Gasteiger partial charge in [-0.25, -0.2) is 43.8 Å². The Morgan fingerprint density at radius 2 is 1.39 bits per heavy atom. The Hall–Kier alpha value is -6.91. The van der Waals surface area contributed by atoms with Crippen molar-refractivity contribution in [3.8, 4) is 16.8 Å². The van der Waals surface area contributed by atoms with Crippen molar-refractivity contribution in [2.45, 2.75) is 88.6 Å². The van der Waals surface area contributed by atoms with Crippen LogP contribution >= 0.6 is 0 Å². The first-order valence-electron chi connectivity index (χ1n) is 19.8. The third-order valence-corrected chi connectivity index (χ3v) is 11.5. The Morgan fingerprint density at radius 3 is 1.98 bits per heavy atom. The molecule has 16 nitrogen and oxygen atoms in total. The Balaban J connectivity index is 0.862. The van der Waals surface area contributed by atoms with Gasteiger partial charge >= 0.3 is 5.97 Å². The van der Waals surface area contributed by atoms with E-state index in [4.69, 9.17) is 0 Å². The second-order valence-corrected chi connectivity index (χ2v) is 15.7. The van der Waals surface area contributed by atoms with Crippen LogP contribution in [0.15, 0.2) is 67.5 Å². The second-order valence-electron chi connectivity index (χ2n) is 15.7. The predicted octanol–water partition coefficient (Wildman–Crippen LogP) is 6.07. The molecule has 2 amide bonds. The average Bonchev–Trinajstić information content (AvgIpc) is 4.08. The van der Waals surface area contributed by atoms with Gasteiger partial charge in [-0.2, -0.15) is 5.10 Å². The molecule has 0 bridgehead atoms. The molecule has 2 fully saturated rings. The minimum atomic E-state index is -1.67. The SMILES string of the molecule is CC(Cc1ccc(-n2cc(-c3cc(F)cc(CNC(=O)c4ncnc5nc(C6CCCC6)[nH]c45)c3)cn2)cc1)(NC(=O)c1ncnc2nc(C3CCCC3)[nH]c12)C(=O)O. The number of imidazole rings is 2. The van der Waals surface area contributed by atoms with E-state index in [1.807, 2.05) is 0 Å². The fraction of sp³-hybridized carbons (Fsp3) is 0.333. The zero-order chi connectivity index (χ0) is 40.7. The van der Waals surface area contributed by atoms with Crippen molar-refractivity contribution in [3.05, 3.63) is 107 Å². The first-order chi connectivity index (χ1) is 28.6. The minimum Gasteiger partial charge on any atom is -0.480 e. The van der Waals surface area contributed by atoms with E-state index >= 15 is 0 Å². The normalized spacial score (nSPS) is 15.8. The summed E-state index contributed by atoms with van der Waals surface area (Å²) in [7, 11) is 0. The molecule has 9 rings (SSSR count). The molecule has 300 valence electrons. The highest BCUT2D eigenvalue weighted by atomic mass is 19.1. The van der Waals surface area contributed by atoms with Gasteiger partial charge in [0.05, 0.1) is 11.9 Å². The van der Waals surface area contributed by atoms with Crippen molar-refractivity contribution in [2.24, 2.45) is 0 Å². The fourth-order valence-corrected chi connectivity index (χ4v) is 8.28. The van der Waals surface area contributed by atoms with Gasteiger partial charge in [0, 0.05) is 36.6 Å². The summed E-state index contributed by atoms with van der Waals surface area (Å²) in [4.78, 5) is 72.0. The molecule has 7 aromatic rings. The molecule has 0 spiro atoms. The molecule has 2 aliphatic rings. The number of aromatic amines is 2. The standard InChI is InChI=1S/C42H41FN12O4/c1-42(41(58)59,54-40(57)34-32-38(48-22-46-34)53-36(51-32)26-8-4-5-9-26)17-23-10-12-30(13-11-23)55-20-28(19-49-55)27-14-24(15-29(43)16-27)18-44-39(56)33-31-37(47-21-45-33)52-35(50-31)25-6-2-3-7-25/h10-16,19-22,25-26H,2-9,17-18H2,1H3,(H,44,56)(H,54,57)(H,58,59)(H,45,47,50,52)(H,46,48,51,53). The number of carboxylic acids is 1. The molecular weight excluding hydrogens is 756 g/mol. The number of hydrogen-bond acceptors (Lipinski definition) is 10. The van der Waals surface area contributed by atoms with Crippen LogP contribution in [0.5, 0.6) is 0 Å². The average molecular weight is 797 g/mol. The zero-order valence-corrected chi connectivity index (χ0v) is 32.2.